The highest BCUT2D eigenvalue weighted by Crippen LogP contribution is 2.46. The minimum atomic E-state index is -0.391. The molecule has 2 aliphatic heterocycles. The lowest BCUT2D eigenvalue weighted by molar-refractivity contribution is -0.153. The number of nitrogens with zero attached hydrogens (tertiary/aromatic N) is 1. The molecule has 0 aromatic heterocycles. The van der Waals surface area contributed by atoms with Gasteiger partial charge in [0.05, 0.1) is 5.54 Å². The topological polar surface area (TPSA) is 69.6 Å². The Morgan fingerprint density at radius 1 is 1.32 bits per heavy atom. The predicted octanol–water partition coefficient (Wildman–Crippen LogP) is 1.32. The summed E-state index contributed by atoms with van der Waals surface area (Å²) in [7, 11) is 0. The largest absolute Gasteiger partial charge is 0.396 e. The third-order valence-corrected chi connectivity index (χ3v) is 5.24. The van der Waals surface area contributed by atoms with Crippen LogP contribution in [0.2, 0.25) is 0 Å². The third kappa shape index (κ3) is 3.35. The number of carbonyl (C=O) groups excluding carboxylic acids is 2. The first-order valence-electron chi connectivity index (χ1n) is 8.13. The molecular weight excluding hydrogens is 280 g/mol. The summed E-state index contributed by atoms with van der Waals surface area (Å²) in [5, 5.41) is 11.9. The van der Waals surface area contributed by atoms with E-state index in [1.54, 1.807) is 0 Å². The van der Waals surface area contributed by atoms with Gasteiger partial charge in [0.25, 0.3) is 0 Å². The van der Waals surface area contributed by atoms with Crippen molar-refractivity contribution in [3.05, 3.63) is 12.2 Å². The highest BCUT2D eigenvalue weighted by atomic mass is 16.3. The quantitative estimate of drug-likeness (QED) is 0.727. The molecule has 2 heterocycles. The molecule has 1 saturated carbocycles. The second kappa shape index (κ2) is 6.41. The van der Waals surface area contributed by atoms with Crippen molar-refractivity contribution in [1.82, 2.24) is 10.2 Å². The summed E-state index contributed by atoms with van der Waals surface area (Å²) >= 11 is 0. The van der Waals surface area contributed by atoms with Gasteiger partial charge in [-0.2, -0.15) is 0 Å². The molecule has 3 fully saturated rings. The van der Waals surface area contributed by atoms with Crippen LogP contribution in [-0.4, -0.2) is 47.1 Å². The van der Waals surface area contributed by atoms with Crippen molar-refractivity contribution in [2.24, 2.45) is 17.8 Å². The standard InChI is InChI=1S/C17H28N2O3/c1-11(2)17(3,4)18-16(22)15-12-8-13(15)10-19(9-12)14(21)6-5-7-20/h12-13,15,20H,1,5-10H2,2-4H3,(H,18,22)/t12-,13?,15?/m0/s1. The van der Waals surface area contributed by atoms with E-state index in [0.29, 0.717) is 25.9 Å². The molecule has 3 atom stereocenters. The molecule has 2 amide bonds. The van der Waals surface area contributed by atoms with Crippen LogP contribution in [0.1, 0.15) is 40.0 Å². The Morgan fingerprint density at radius 2 is 1.91 bits per heavy atom. The summed E-state index contributed by atoms with van der Waals surface area (Å²) in [6.07, 6.45) is 1.95. The zero-order valence-corrected chi connectivity index (χ0v) is 13.9. The van der Waals surface area contributed by atoms with Crippen molar-refractivity contribution in [2.75, 3.05) is 19.7 Å². The van der Waals surface area contributed by atoms with Gasteiger partial charge >= 0.3 is 0 Å². The Bertz CT molecular complexity index is 461. The highest BCUT2D eigenvalue weighted by molar-refractivity contribution is 5.82. The van der Waals surface area contributed by atoms with Crippen molar-refractivity contribution in [2.45, 2.75) is 45.6 Å². The van der Waals surface area contributed by atoms with E-state index in [0.717, 1.165) is 12.0 Å². The fourth-order valence-corrected chi connectivity index (χ4v) is 3.41. The first-order valence-corrected chi connectivity index (χ1v) is 8.13. The van der Waals surface area contributed by atoms with Crippen LogP contribution in [0.4, 0.5) is 0 Å². The molecule has 1 aliphatic carbocycles. The van der Waals surface area contributed by atoms with E-state index >= 15 is 0 Å². The fraction of sp³-hybridized carbons (Fsp3) is 0.765. The molecule has 124 valence electrons. The van der Waals surface area contributed by atoms with Gasteiger partial charge in [0.2, 0.25) is 11.8 Å². The molecule has 2 saturated heterocycles. The molecule has 2 unspecified atom stereocenters. The molecule has 0 radical (unpaired) electrons. The number of piperidine rings is 2. The van der Waals surface area contributed by atoms with Gasteiger partial charge in [-0.25, -0.2) is 0 Å². The number of aliphatic hydroxyl groups excluding tert-OH is 1. The lowest BCUT2D eigenvalue weighted by Crippen LogP contribution is -2.62. The Kier molecular flexibility index (Phi) is 4.95. The van der Waals surface area contributed by atoms with Crippen LogP contribution in [0.25, 0.3) is 0 Å². The van der Waals surface area contributed by atoms with Crippen molar-refractivity contribution in [3.8, 4) is 0 Å². The van der Waals surface area contributed by atoms with Gasteiger partial charge in [0.15, 0.2) is 0 Å². The average molecular weight is 308 g/mol. The molecule has 0 aromatic rings. The molecule has 5 heteroatoms. The van der Waals surface area contributed by atoms with Gasteiger partial charge < -0.3 is 15.3 Å². The van der Waals surface area contributed by atoms with Crippen LogP contribution >= 0.6 is 0 Å². The van der Waals surface area contributed by atoms with Gasteiger partial charge in [-0.15, -0.1) is 0 Å². The second-order valence-corrected chi connectivity index (χ2v) is 7.30. The summed E-state index contributed by atoms with van der Waals surface area (Å²) < 4.78 is 0. The minimum Gasteiger partial charge on any atom is -0.396 e. The van der Waals surface area contributed by atoms with Gasteiger partial charge in [-0.05, 0) is 45.4 Å². The molecule has 3 aliphatic rings. The maximum absolute atomic E-state index is 12.5. The number of rotatable bonds is 6. The Labute approximate surface area is 132 Å². The van der Waals surface area contributed by atoms with Crippen molar-refractivity contribution >= 4 is 11.8 Å². The van der Waals surface area contributed by atoms with E-state index in [2.05, 4.69) is 11.9 Å². The molecule has 22 heavy (non-hydrogen) atoms. The van der Waals surface area contributed by atoms with E-state index in [4.69, 9.17) is 5.11 Å². The zero-order chi connectivity index (χ0) is 16.5. The lowest BCUT2D eigenvalue weighted by Gasteiger charge is -2.53. The molecule has 2 N–H and O–H groups in total. The van der Waals surface area contributed by atoms with Crippen molar-refractivity contribution < 1.29 is 14.7 Å². The smallest absolute Gasteiger partial charge is 0.224 e. The first-order chi connectivity index (χ1) is 10.3. The third-order valence-electron chi connectivity index (χ3n) is 5.24. The Morgan fingerprint density at radius 3 is 2.41 bits per heavy atom. The minimum absolute atomic E-state index is 0.0283. The molecule has 0 aromatic carbocycles. The maximum Gasteiger partial charge on any atom is 0.224 e. The van der Waals surface area contributed by atoms with Crippen LogP contribution in [0.15, 0.2) is 12.2 Å². The highest BCUT2D eigenvalue weighted by Gasteiger charge is 2.51. The normalized spacial score (nSPS) is 27.1. The number of nitrogens with one attached hydrogen (secondary N) is 1. The van der Waals surface area contributed by atoms with E-state index in [-0.39, 0.29) is 36.2 Å². The molecule has 2 bridgehead atoms. The van der Waals surface area contributed by atoms with Crippen LogP contribution in [-0.2, 0) is 9.59 Å². The monoisotopic (exact) mass is 308 g/mol. The van der Waals surface area contributed by atoms with Crippen molar-refractivity contribution in [3.63, 3.8) is 0 Å². The summed E-state index contributed by atoms with van der Waals surface area (Å²) in [4.78, 5) is 26.4. The summed E-state index contributed by atoms with van der Waals surface area (Å²) in [6, 6.07) is 0. The lowest BCUT2D eigenvalue weighted by atomic mass is 9.61. The summed E-state index contributed by atoms with van der Waals surface area (Å²) in [6.45, 7) is 11.2. The first kappa shape index (κ1) is 17.0. The number of fused-ring (bicyclic) bond motifs is 2. The average Bonchev–Trinajstić information content (AvgIpc) is 2.43. The van der Waals surface area contributed by atoms with E-state index in [1.165, 1.54) is 0 Å². The zero-order valence-electron chi connectivity index (χ0n) is 13.9. The molecule has 3 rings (SSSR count). The van der Waals surface area contributed by atoms with Crippen molar-refractivity contribution in [1.29, 1.82) is 0 Å². The molecule has 5 nitrogen and oxygen atoms in total. The second-order valence-electron chi connectivity index (χ2n) is 7.30. The van der Waals surface area contributed by atoms with Crippen LogP contribution < -0.4 is 5.32 Å². The number of carbonyl (C=O) groups is 2. The maximum atomic E-state index is 12.5. The van der Waals surface area contributed by atoms with Crippen LogP contribution in [0, 0.1) is 17.8 Å². The van der Waals surface area contributed by atoms with Crippen LogP contribution in [0.3, 0.4) is 0 Å². The fourth-order valence-electron chi connectivity index (χ4n) is 3.41. The van der Waals surface area contributed by atoms with Gasteiger partial charge in [0.1, 0.15) is 0 Å². The van der Waals surface area contributed by atoms with E-state index in [1.807, 2.05) is 25.7 Å². The number of amides is 2. The SMILES string of the molecule is C=C(C)C(C)(C)NC(=O)C1C2C[C@H]1CN(C(=O)CCCO)C2. The van der Waals surface area contributed by atoms with Gasteiger partial charge in [0, 0.05) is 32.0 Å². The Balaban J connectivity index is 1.89. The summed E-state index contributed by atoms with van der Waals surface area (Å²) in [5.41, 5.74) is 0.545. The van der Waals surface area contributed by atoms with E-state index in [9.17, 15) is 9.59 Å². The predicted molar refractivity (Wildman–Crippen MR) is 85.0 cm³/mol. The summed E-state index contributed by atoms with van der Waals surface area (Å²) in [5.74, 6) is 0.776. The van der Waals surface area contributed by atoms with Crippen LogP contribution in [0.5, 0.6) is 0 Å². The number of aliphatic hydroxyl groups is 1. The number of hydrogen-bond donors (Lipinski definition) is 2. The Hall–Kier alpha value is -1.36. The molecule has 0 spiro atoms. The van der Waals surface area contributed by atoms with Gasteiger partial charge in [-0.1, -0.05) is 12.2 Å². The molecular formula is C17H28N2O3. The van der Waals surface area contributed by atoms with Gasteiger partial charge in [-0.3, -0.25) is 9.59 Å². The number of hydrogen-bond acceptors (Lipinski definition) is 3. The van der Waals surface area contributed by atoms with E-state index < -0.39 is 5.54 Å².